The zero-order valence-corrected chi connectivity index (χ0v) is 20.7. The van der Waals surface area contributed by atoms with Crippen LogP contribution in [0.3, 0.4) is 0 Å². The quantitative estimate of drug-likeness (QED) is 0.511. The van der Waals surface area contributed by atoms with E-state index in [9.17, 15) is 9.59 Å². The lowest BCUT2D eigenvalue weighted by molar-refractivity contribution is -0.139. The summed E-state index contributed by atoms with van der Waals surface area (Å²) in [4.78, 5) is 33.7. The van der Waals surface area contributed by atoms with Crippen molar-refractivity contribution >= 4 is 29.1 Å². The molecule has 1 aromatic heterocycles. The number of hydrogen-bond acceptors (Lipinski definition) is 7. The highest BCUT2D eigenvalue weighted by molar-refractivity contribution is 7.07. The monoisotopic (exact) mass is 477 g/mol. The first-order valence-corrected chi connectivity index (χ1v) is 11.8. The summed E-state index contributed by atoms with van der Waals surface area (Å²) in [7, 11) is 5.54. The first-order chi connectivity index (χ1) is 16.3. The predicted molar refractivity (Wildman–Crippen MR) is 134 cm³/mol. The highest BCUT2D eigenvalue weighted by Crippen LogP contribution is 2.31. The molecule has 4 rings (SSSR count). The molecule has 0 saturated heterocycles. The summed E-state index contributed by atoms with van der Waals surface area (Å²) in [6, 6.07) is 14.7. The van der Waals surface area contributed by atoms with Crippen molar-refractivity contribution in [3.8, 4) is 5.75 Å². The molecule has 0 spiro atoms. The number of anilines is 1. The summed E-state index contributed by atoms with van der Waals surface area (Å²) >= 11 is 1.31. The Bertz CT molecular complexity index is 1410. The van der Waals surface area contributed by atoms with E-state index in [1.54, 1.807) is 25.5 Å². The molecule has 1 aliphatic heterocycles. The minimum Gasteiger partial charge on any atom is -0.497 e. The molecule has 7 nitrogen and oxygen atoms in total. The van der Waals surface area contributed by atoms with Crippen molar-refractivity contribution in [3.63, 3.8) is 0 Å². The van der Waals surface area contributed by atoms with Gasteiger partial charge in [-0.2, -0.15) is 0 Å². The van der Waals surface area contributed by atoms with E-state index in [1.165, 1.54) is 11.3 Å². The molecule has 0 saturated carbocycles. The molecule has 0 aliphatic carbocycles. The topological polar surface area (TPSA) is 73.1 Å². The standard InChI is InChI=1S/C26H27N3O4S/c1-6-33-25(31)22-16(2)27-26-29(23(22)18-9-11-19(12-10-18)28(3)4)24(30)21(34-26)15-17-7-13-20(32-5)14-8-17/h7-15,23H,6H2,1-5H3/b21-15+/t23-/m1/s1. The molecular weight excluding hydrogens is 450 g/mol. The van der Waals surface area contributed by atoms with Crippen LogP contribution in [0.25, 0.3) is 6.08 Å². The Hall–Kier alpha value is -3.65. The molecular formula is C26H27N3O4S. The molecule has 2 aromatic carbocycles. The second-order valence-corrected chi connectivity index (χ2v) is 9.07. The number of methoxy groups -OCH3 is 1. The Morgan fingerprint density at radius 3 is 2.41 bits per heavy atom. The maximum absolute atomic E-state index is 13.6. The van der Waals surface area contributed by atoms with E-state index < -0.39 is 12.0 Å². The third-order valence-electron chi connectivity index (χ3n) is 5.66. The lowest BCUT2D eigenvalue weighted by Gasteiger charge is -2.25. The third-order valence-corrected chi connectivity index (χ3v) is 6.64. The van der Waals surface area contributed by atoms with E-state index in [2.05, 4.69) is 4.99 Å². The number of ether oxygens (including phenoxy) is 2. The maximum atomic E-state index is 13.6. The molecule has 0 unspecified atom stereocenters. The number of aromatic nitrogens is 1. The van der Waals surface area contributed by atoms with Crippen molar-refractivity contribution in [3.05, 3.63) is 90.6 Å². The van der Waals surface area contributed by atoms with Crippen LogP contribution in [0.15, 0.2) is 69.6 Å². The molecule has 0 N–H and O–H groups in total. The van der Waals surface area contributed by atoms with Gasteiger partial charge >= 0.3 is 5.97 Å². The van der Waals surface area contributed by atoms with E-state index in [0.717, 1.165) is 22.6 Å². The molecule has 1 aliphatic rings. The predicted octanol–water partition coefficient (Wildman–Crippen LogP) is 2.87. The highest BCUT2D eigenvalue weighted by atomic mass is 32.1. The lowest BCUT2D eigenvalue weighted by atomic mass is 9.95. The van der Waals surface area contributed by atoms with Crippen LogP contribution in [0.5, 0.6) is 5.75 Å². The third kappa shape index (κ3) is 4.41. The van der Waals surface area contributed by atoms with Gasteiger partial charge in [0.05, 0.1) is 35.6 Å². The number of thiazole rings is 1. The second kappa shape index (κ2) is 9.69. The molecule has 1 atom stereocenters. The van der Waals surface area contributed by atoms with E-state index in [0.29, 0.717) is 20.6 Å². The second-order valence-electron chi connectivity index (χ2n) is 8.06. The Morgan fingerprint density at radius 2 is 1.82 bits per heavy atom. The molecule has 0 fully saturated rings. The zero-order valence-electron chi connectivity index (χ0n) is 19.9. The van der Waals surface area contributed by atoms with Gasteiger partial charge in [-0.1, -0.05) is 35.6 Å². The van der Waals surface area contributed by atoms with E-state index in [-0.39, 0.29) is 12.2 Å². The van der Waals surface area contributed by atoms with Crippen molar-refractivity contribution in [2.45, 2.75) is 19.9 Å². The van der Waals surface area contributed by atoms with E-state index in [1.807, 2.05) is 73.6 Å². The summed E-state index contributed by atoms with van der Waals surface area (Å²) < 4.78 is 12.7. The number of esters is 1. The first kappa shape index (κ1) is 23.5. The Morgan fingerprint density at radius 1 is 1.15 bits per heavy atom. The van der Waals surface area contributed by atoms with Crippen molar-refractivity contribution in [2.75, 3.05) is 32.7 Å². The Labute approximate surface area is 201 Å². The van der Waals surface area contributed by atoms with Crippen LogP contribution in [0.1, 0.15) is 31.0 Å². The average molecular weight is 478 g/mol. The van der Waals surface area contributed by atoms with Gasteiger partial charge in [-0.3, -0.25) is 9.36 Å². The van der Waals surface area contributed by atoms with Crippen LogP contribution in [-0.4, -0.2) is 38.3 Å². The van der Waals surface area contributed by atoms with E-state index in [4.69, 9.17) is 9.47 Å². The number of allylic oxidation sites excluding steroid dienone is 1. The highest BCUT2D eigenvalue weighted by Gasteiger charge is 2.33. The average Bonchev–Trinajstić information content (AvgIpc) is 3.13. The molecule has 176 valence electrons. The van der Waals surface area contributed by atoms with Gasteiger partial charge in [0.1, 0.15) is 5.75 Å². The summed E-state index contributed by atoms with van der Waals surface area (Å²) in [6.07, 6.45) is 1.83. The molecule has 2 heterocycles. The largest absolute Gasteiger partial charge is 0.497 e. The van der Waals surface area contributed by atoms with Gasteiger partial charge in [0.25, 0.3) is 5.56 Å². The molecule has 0 radical (unpaired) electrons. The van der Waals surface area contributed by atoms with Crippen LogP contribution in [0.2, 0.25) is 0 Å². The van der Waals surface area contributed by atoms with Gasteiger partial charge in [-0.25, -0.2) is 9.79 Å². The Balaban J connectivity index is 1.90. The van der Waals surface area contributed by atoms with Gasteiger partial charge in [-0.15, -0.1) is 0 Å². The fourth-order valence-corrected chi connectivity index (χ4v) is 4.96. The number of nitrogens with zero attached hydrogens (tertiary/aromatic N) is 3. The minimum absolute atomic E-state index is 0.199. The first-order valence-electron chi connectivity index (χ1n) is 10.9. The van der Waals surface area contributed by atoms with Crippen molar-refractivity contribution < 1.29 is 14.3 Å². The molecule has 0 amide bonds. The van der Waals surface area contributed by atoms with Crippen molar-refractivity contribution in [2.24, 2.45) is 4.99 Å². The van der Waals surface area contributed by atoms with Crippen LogP contribution in [-0.2, 0) is 9.53 Å². The summed E-state index contributed by atoms with van der Waals surface area (Å²) in [5.74, 6) is 0.282. The van der Waals surface area contributed by atoms with Gasteiger partial charge in [0.2, 0.25) is 0 Å². The van der Waals surface area contributed by atoms with Crippen molar-refractivity contribution in [1.29, 1.82) is 0 Å². The summed E-state index contributed by atoms with van der Waals surface area (Å²) in [5, 5.41) is 0. The Kier molecular flexibility index (Phi) is 6.70. The molecule has 8 heteroatoms. The lowest BCUT2D eigenvalue weighted by Crippen LogP contribution is -2.39. The van der Waals surface area contributed by atoms with Gasteiger partial charge in [-0.05, 0) is 55.3 Å². The molecule has 3 aromatic rings. The molecule has 0 bridgehead atoms. The normalized spacial score (nSPS) is 15.6. The number of benzene rings is 2. The maximum Gasteiger partial charge on any atom is 0.338 e. The van der Waals surface area contributed by atoms with Gasteiger partial charge < -0.3 is 14.4 Å². The van der Waals surface area contributed by atoms with E-state index >= 15 is 0 Å². The zero-order chi connectivity index (χ0) is 24.4. The van der Waals surface area contributed by atoms with Crippen LogP contribution >= 0.6 is 11.3 Å². The van der Waals surface area contributed by atoms with Crippen LogP contribution < -0.4 is 24.5 Å². The van der Waals surface area contributed by atoms with Crippen molar-refractivity contribution in [1.82, 2.24) is 4.57 Å². The van der Waals surface area contributed by atoms with Crippen LogP contribution in [0.4, 0.5) is 5.69 Å². The SMILES string of the molecule is CCOC(=O)C1=C(C)N=c2s/c(=C/c3ccc(OC)cc3)c(=O)n2[C@@H]1c1ccc(N(C)C)cc1. The van der Waals surface area contributed by atoms with Gasteiger partial charge in [0, 0.05) is 19.8 Å². The number of rotatable bonds is 6. The number of carbonyl (C=O) groups is 1. The smallest absolute Gasteiger partial charge is 0.338 e. The minimum atomic E-state index is -0.621. The molecule has 34 heavy (non-hydrogen) atoms. The van der Waals surface area contributed by atoms with Gasteiger partial charge in [0.15, 0.2) is 4.80 Å². The number of carbonyl (C=O) groups excluding carboxylic acids is 1. The fourth-order valence-electron chi connectivity index (χ4n) is 3.91. The number of fused-ring (bicyclic) bond motifs is 1. The summed E-state index contributed by atoms with van der Waals surface area (Å²) in [5.41, 5.74) is 3.45. The summed E-state index contributed by atoms with van der Waals surface area (Å²) in [6.45, 7) is 3.79. The number of hydrogen-bond donors (Lipinski definition) is 0. The fraction of sp³-hybridized carbons (Fsp3) is 0.269. The van der Waals surface area contributed by atoms with Crippen LogP contribution in [0, 0.1) is 0 Å².